The van der Waals surface area contributed by atoms with E-state index in [0.717, 1.165) is 59.6 Å². The summed E-state index contributed by atoms with van der Waals surface area (Å²) >= 11 is 6.21. The van der Waals surface area contributed by atoms with E-state index < -0.39 is 0 Å². The number of benzene rings is 3. The lowest BCUT2D eigenvalue weighted by atomic mass is 10.00. The summed E-state index contributed by atoms with van der Waals surface area (Å²) in [6.07, 6.45) is 0.695. The van der Waals surface area contributed by atoms with Gasteiger partial charge in [0.15, 0.2) is 0 Å². The highest BCUT2D eigenvalue weighted by molar-refractivity contribution is 6.31. The number of ether oxygens (including phenoxy) is 1. The van der Waals surface area contributed by atoms with Gasteiger partial charge in [0, 0.05) is 47.6 Å². The van der Waals surface area contributed by atoms with Crippen molar-refractivity contribution in [3.05, 3.63) is 82.9 Å². The van der Waals surface area contributed by atoms with E-state index in [1.54, 1.807) is 0 Å². The van der Waals surface area contributed by atoms with E-state index in [1.165, 1.54) is 5.69 Å². The van der Waals surface area contributed by atoms with E-state index in [4.69, 9.17) is 16.3 Å². The van der Waals surface area contributed by atoms with Gasteiger partial charge in [-0.05, 0) is 41.5 Å². The smallest absolute Gasteiger partial charge is 0.141 e. The largest absolute Gasteiger partial charge is 0.378 e. The van der Waals surface area contributed by atoms with Gasteiger partial charge in [-0.15, -0.1) is 0 Å². The fourth-order valence-electron chi connectivity index (χ4n) is 4.19. The molecule has 5 nitrogen and oxygen atoms in total. The van der Waals surface area contributed by atoms with Crippen LogP contribution in [0.1, 0.15) is 11.1 Å². The van der Waals surface area contributed by atoms with Gasteiger partial charge in [0.1, 0.15) is 5.78 Å². The van der Waals surface area contributed by atoms with Crippen LogP contribution < -0.4 is 4.90 Å². The molecule has 4 aromatic rings. The normalized spacial score (nSPS) is 14.1. The van der Waals surface area contributed by atoms with Crippen molar-refractivity contribution in [2.45, 2.75) is 12.8 Å². The number of nitrogens with zero attached hydrogens (tertiary/aromatic N) is 2. The molecule has 0 radical (unpaired) electrons. The number of ketones is 1. The molecule has 3 aromatic carbocycles. The highest BCUT2D eigenvalue weighted by Gasteiger charge is 2.14. The topological polar surface area (TPSA) is 58.2 Å². The Balaban J connectivity index is 1.35. The lowest BCUT2D eigenvalue weighted by molar-refractivity contribution is -0.117. The number of hydrogen-bond donors (Lipinski definition) is 1. The van der Waals surface area contributed by atoms with Gasteiger partial charge < -0.3 is 9.64 Å². The summed E-state index contributed by atoms with van der Waals surface area (Å²) in [4.78, 5) is 15.0. The van der Waals surface area contributed by atoms with Crippen molar-refractivity contribution in [2.75, 3.05) is 31.2 Å². The number of H-pyrrole nitrogens is 1. The average Bonchev–Trinajstić information content (AvgIpc) is 3.24. The van der Waals surface area contributed by atoms with Crippen molar-refractivity contribution in [3.8, 4) is 11.3 Å². The number of Topliss-reactive ketones (excluding diaryl/α,β-unsaturated/α-hetero) is 1. The van der Waals surface area contributed by atoms with Gasteiger partial charge in [-0.3, -0.25) is 9.89 Å². The summed E-state index contributed by atoms with van der Waals surface area (Å²) in [6, 6.07) is 22.0. The average molecular weight is 446 g/mol. The molecule has 1 aliphatic heterocycles. The van der Waals surface area contributed by atoms with Crippen LogP contribution >= 0.6 is 11.6 Å². The highest BCUT2D eigenvalue weighted by Crippen LogP contribution is 2.29. The minimum atomic E-state index is 0.136. The number of nitrogens with one attached hydrogen (secondary N) is 1. The fraction of sp³-hybridized carbons (Fsp3) is 0.231. The summed E-state index contributed by atoms with van der Waals surface area (Å²) in [5.41, 5.74) is 5.94. The minimum Gasteiger partial charge on any atom is -0.378 e. The third-order valence-corrected chi connectivity index (χ3v) is 6.26. The van der Waals surface area contributed by atoms with E-state index in [2.05, 4.69) is 45.4 Å². The maximum absolute atomic E-state index is 12.7. The summed E-state index contributed by atoms with van der Waals surface area (Å²) in [5.74, 6) is 0.136. The first-order valence-electron chi connectivity index (χ1n) is 10.8. The van der Waals surface area contributed by atoms with Crippen LogP contribution in [0.3, 0.4) is 0 Å². The van der Waals surface area contributed by atoms with Gasteiger partial charge in [0.05, 0.1) is 24.4 Å². The molecular weight excluding hydrogens is 422 g/mol. The summed E-state index contributed by atoms with van der Waals surface area (Å²) < 4.78 is 5.44. The predicted molar refractivity (Wildman–Crippen MR) is 128 cm³/mol. The van der Waals surface area contributed by atoms with E-state index in [0.29, 0.717) is 17.9 Å². The van der Waals surface area contributed by atoms with Crippen molar-refractivity contribution in [1.29, 1.82) is 0 Å². The Kier molecular flexibility index (Phi) is 5.93. The fourth-order valence-corrected chi connectivity index (χ4v) is 4.39. The van der Waals surface area contributed by atoms with Crippen molar-refractivity contribution < 1.29 is 9.53 Å². The third kappa shape index (κ3) is 4.40. The third-order valence-electron chi connectivity index (χ3n) is 5.89. The molecule has 2 heterocycles. The Morgan fingerprint density at radius 2 is 1.78 bits per heavy atom. The van der Waals surface area contributed by atoms with Crippen LogP contribution in [0.15, 0.2) is 66.7 Å². The molecule has 1 aromatic heterocycles. The maximum Gasteiger partial charge on any atom is 0.141 e. The van der Waals surface area contributed by atoms with Crippen molar-refractivity contribution >= 4 is 34.0 Å². The Morgan fingerprint density at radius 3 is 2.56 bits per heavy atom. The van der Waals surface area contributed by atoms with Gasteiger partial charge in [0.25, 0.3) is 0 Å². The first-order chi connectivity index (χ1) is 15.7. The van der Waals surface area contributed by atoms with Crippen molar-refractivity contribution in [2.24, 2.45) is 0 Å². The second kappa shape index (κ2) is 9.15. The number of aromatic nitrogens is 2. The molecule has 1 N–H and O–H groups in total. The number of anilines is 1. The quantitative estimate of drug-likeness (QED) is 0.450. The lowest BCUT2D eigenvalue weighted by Gasteiger charge is -2.28. The van der Waals surface area contributed by atoms with Crippen LogP contribution in [0.2, 0.25) is 5.02 Å². The number of fused-ring (bicyclic) bond motifs is 1. The predicted octanol–water partition coefficient (Wildman–Crippen LogP) is 5.07. The van der Waals surface area contributed by atoms with E-state index in [1.807, 2.05) is 36.4 Å². The molecule has 1 fully saturated rings. The Hall–Kier alpha value is -3.15. The molecule has 0 bridgehead atoms. The molecule has 0 saturated carbocycles. The zero-order valence-electron chi connectivity index (χ0n) is 17.7. The Labute approximate surface area is 192 Å². The first kappa shape index (κ1) is 20.7. The number of carbonyl (C=O) groups excluding carboxylic acids is 1. The number of carbonyl (C=O) groups is 1. The molecule has 32 heavy (non-hydrogen) atoms. The van der Waals surface area contributed by atoms with Crippen LogP contribution in [0.5, 0.6) is 0 Å². The van der Waals surface area contributed by atoms with E-state index in [-0.39, 0.29) is 5.78 Å². The highest BCUT2D eigenvalue weighted by atomic mass is 35.5. The molecule has 6 heteroatoms. The molecule has 5 rings (SSSR count). The monoisotopic (exact) mass is 445 g/mol. The number of morpholine rings is 1. The summed E-state index contributed by atoms with van der Waals surface area (Å²) in [5, 5.41) is 9.31. The maximum atomic E-state index is 12.7. The standard InChI is InChI=1S/C26H24ClN3O2/c27-24-4-2-1-3-20(24)17-22(31)15-18-5-10-25-23(16-18)26(29-28-25)19-6-8-21(9-7-19)30-11-13-32-14-12-30/h1-10,16H,11-15,17H2,(H,28,29). The van der Waals surface area contributed by atoms with Crippen LogP contribution in [-0.2, 0) is 22.4 Å². The molecule has 0 unspecified atom stereocenters. The number of aromatic amines is 1. The molecule has 1 saturated heterocycles. The van der Waals surface area contributed by atoms with Crippen LogP contribution in [0.25, 0.3) is 22.2 Å². The van der Waals surface area contributed by atoms with Gasteiger partial charge in [0.2, 0.25) is 0 Å². The molecule has 0 spiro atoms. The lowest BCUT2D eigenvalue weighted by Crippen LogP contribution is -2.36. The number of rotatable bonds is 6. The number of hydrogen-bond acceptors (Lipinski definition) is 4. The van der Waals surface area contributed by atoms with E-state index in [9.17, 15) is 4.79 Å². The zero-order chi connectivity index (χ0) is 21.9. The van der Waals surface area contributed by atoms with Gasteiger partial charge >= 0.3 is 0 Å². The molecule has 0 amide bonds. The van der Waals surface area contributed by atoms with Crippen LogP contribution in [-0.4, -0.2) is 42.3 Å². The van der Waals surface area contributed by atoms with E-state index >= 15 is 0 Å². The number of halogens is 1. The molecule has 162 valence electrons. The van der Waals surface area contributed by atoms with Crippen molar-refractivity contribution in [3.63, 3.8) is 0 Å². The van der Waals surface area contributed by atoms with Gasteiger partial charge in [-0.25, -0.2) is 0 Å². The summed E-state index contributed by atoms with van der Waals surface area (Å²) in [7, 11) is 0. The Morgan fingerprint density at radius 1 is 1.00 bits per heavy atom. The van der Waals surface area contributed by atoms with Gasteiger partial charge in [-0.1, -0.05) is 48.0 Å². The second-order valence-corrected chi connectivity index (χ2v) is 8.49. The Bertz CT molecular complexity index is 1240. The SMILES string of the molecule is O=C(Cc1ccc2[nH]nc(-c3ccc(N4CCOCC4)cc3)c2c1)Cc1ccccc1Cl. The first-order valence-corrected chi connectivity index (χ1v) is 11.2. The van der Waals surface area contributed by atoms with Gasteiger partial charge in [-0.2, -0.15) is 5.10 Å². The molecule has 0 aliphatic carbocycles. The summed E-state index contributed by atoms with van der Waals surface area (Å²) in [6.45, 7) is 3.36. The van der Waals surface area contributed by atoms with Crippen molar-refractivity contribution in [1.82, 2.24) is 10.2 Å². The van der Waals surface area contributed by atoms with Crippen LogP contribution in [0, 0.1) is 0 Å². The minimum absolute atomic E-state index is 0.136. The zero-order valence-corrected chi connectivity index (χ0v) is 18.4. The molecule has 1 aliphatic rings. The molecule has 0 atom stereocenters. The van der Waals surface area contributed by atoms with Crippen LogP contribution in [0.4, 0.5) is 5.69 Å². The second-order valence-electron chi connectivity index (χ2n) is 8.08. The molecular formula is C26H24ClN3O2.